The molecule has 116 valence electrons. The minimum absolute atomic E-state index is 0.0502. The highest BCUT2D eigenvalue weighted by molar-refractivity contribution is 5.80. The Morgan fingerprint density at radius 3 is 2.71 bits per heavy atom. The summed E-state index contributed by atoms with van der Waals surface area (Å²) in [5.41, 5.74) is 0.982. The monoisotopic (exact) mass is 291 g/mol. The van der Waals surface area contributed by atoms with Gasteiger partial charge in [0.1, 0.15) is 5.75 Å². The number of hydrogen-bond donors (Lipinski definition) is 2. The largest absolute Gasteiger partial charge is 0.479 e. The Morgan fingerprint density at radius 2 is 2.19 bits per heavy atom. The van der Waals surface area contributed by atoms with Crippen molar-refractivity contribution in [1.82, 2.24) is 15.6 Å². The van der Waals surface area contributed by atoms with Crippen LogP contribution in [0.15, 0.2) is 31.0 Å². The first kappa shape index (κ1) is 17.2. The average molecular weight is 291 g/mol. The fraction of sp³-hybridized carbons (Fsp3) is 0.500. The molecule has 0 spiro atoms. The zero-order chi connectivity index (χ0) is 15.9. The number of pyridine rings is 1. The summed E-state index contributed by atoms with van der Waals surface area (Å²) in [4.78, 5) is 16.0. The fourth-order valence-electron chi connectivity index (χ4n) is 1.52. The van der Waals surface area contributed by atoms with E-state index in [4.69, 9.17) is 4.74 Å². The number of hydrogen-bond acceptors (Lipinski definition) is 4. The van der Waals surface area contributed by atoms with Crippen LogP contribution in [-0.2, 0) is 11.3 Å². The highest BCUT2D eigenvalue weighted by Gasteiger charge is 2.14. The molecule has 5 nitrogen and oxygen atoms in total. The molecular weight excluding hydrogens is 266 g/mol. The second-order valence-electron chi connectivity index (χ2n) is 5.88. The third-order valence-electron chi connectivity index (χ3n) is 2.70. The van der Waals surface area contributed by atoms with Crippen molar-refractivity contribution in [3.05, 3.63) is 36.7 Å². The Balaban J connectivity index is 2.50. The molecule has 21 heavy (non-hydrogen) atoms. The fourth-order valence-corrected chi connectivity index (χ4v) is 1.52. The highest BCUT2D eigenvalue weighted by atomic mass is 16.5. The predicted octanol–water partition coefficient (Wildman–Crippen LogP) is 2.04. The maximum Gasteiger partial charge on any atom is 0.261 e. The number of nitrogens with zero attached hydrogens (tertiary/aromatic N) is 1. The van der Waals surface area contributed by atoms with Gasteiger partial charge in [0.25, 0.3) is 5.91 Å². The summed E-state index contributed by atoms with van der Waals surface area (Å²) in [5, 5.41) is 6.05. The summed E-state index contributed by atoms with van der Waals surface area (Å²) < 4.78 is 5.54. The van der Waals surface area contributed by atoms with Gasteiger partial charge in [-0.2, -0.15) is 0 Å². The minimum Gasteiger partial charge on any atom is -0.479 e. The van der Waals surface area contributed by atoms with Gasteiger partial charge < -0.3 is 15.4 Å². The molecule has 0 saturated carbocycles. The molecule has 0 saturated heterocycles. The van der Waals surface area contributed by atoms with Gasteiger partial charge in [-0.1, -0.05) is 6.08 Å². The normalized spacial score (nSPS) is 12.6. The Bertz CT molecular complexity index is 463. The molecule has 1 heterocycles. The van der Waals surface area contributed by atoms with Crippen LogP contribution in [0.2, 0.25) is 0 Å². The van der Waals surface area contributed by atoms with Crippen LogP contribution in [0.1, 0.15) is 33.4 Å². The van der Waals surface area contributed by atoms with E-state index < -0.39 is 6.10 Å². The maximum atomic E-state index is 11.7. The van der Waals surface area contributed by atoms with Gasteiger partial charge in [0.05, 0.1) is 11.9 Å². The van der Waals surface area contributed by atoms with Gasteiger partial charge in [-0.3, -0.25) is 9.78 Å². The predicted molar refractivity (Wildman–Crippen MR) is 84.1 cm³/mol. The molecular formula is C16H25N3O2. The van der Waals surface area contributed by atoms with Gasteiger partial charge in [0.2, 0.25) is 0 Å². The topological polar surface area (TPSA) is 63.2 Å². The summed E-state index contributed by atoms with van der Waals surface area (Å²) in [6.07, 6.45) is 2.70. The van der Waals surface area contributed by atoms with E-state index >= 15 is 0 Å². The number of aromatic nitrogens is 1. The van der Waals surface area contributed by atoms with E-state index in [0.29, 0.717) is 18.8 Å². The van der Waals surface area contributed by atoms with E-state index in [1.165, 1.54) is 0 Å². The standard InChI is InChI=1S/C16H25N3O2/c1-6-9-17-15(20)12(2)21-14-8-7-13(18-11-14)10-19-16(3,4)5/h6-8,11-12,19H,1,9-10H2,2-5H3,(H,17,20). The van der Waals surface area contributed by atoms with Crippen LogP contribution in [0.3, 0.4) is 0 Å². The van der Waals surface area contributed by atoms with Crippen molar-refractivity contribution in [3.63, 3.8) is 0 Å². The molecule has 0 bridgehead atoms. The SMILES string of the molecule is C=CCNC(=O)C(C)Oc1ccc(CNC(C)(C)C)nc1. The van der Waals surface area contributed by atoms with Gasteiger partial charge in [-0.15, -0.1) is 6.58 Å². The van der Waals surface area contributed by atoms with Crippen molar-refractivity contribution in [2.24, 2.45) is 0 Å². The van der Waals surface area contributed by atoms with Crippen LogP contribution < -0.4 is 15.4 Å². The van der Waals surface area contributed by atoms with Gasteiger partial charge in [0.15, 0.2) is 6.10 Å². The number of nitrogens with one attached hydrogen (secondary N) is 2. The smallest absolute Gasteiger partial charge is 0.261 e. The first-order chi connectivity index (χ1) is 9.81. The highest BCUT2D eigenvalue weighted by Crippen LogP contribution is 2.12. The molecule has 1 amide bonds. The van der Waals surface area contributed by atoms with Crippen molar-refractivity contribution in [2.75, 3.05) is 6.54 Å². The zero-order valence-electron chi connectivity index (χ0n) is 13.3. The van der Waals surface area contributed by atoms with Crippen molar-refractivity contribution in [3.8, 4) is 5.75 Å². The Labute approximate surface area is 126 Å². The summed E-state index contributed by atoms with van der Waals surface area (Å²) in [6.45, 7) is 12.7. The number of ether oxygens (including phenoxy) is 1. The van der Waals surface area contributed by atoms with Crippen LogP contribution in [-0.4, -0.2) is 29.1 Å². The second-order valence-corrected chi connectivity index (χ2v) is 5.88. The molecule has 1 aromatic rings. The van der Waals surface area contributed by atoms with Crippen LogP contribution >= 0.6 is 0 Å². The molecule has 5 heteroatoms. The molecule has 1 atom stereocenters. The number of carbonyl (C=O) groups excluding carboxylic acids is 1. The summed E-state index contributed by atoms with van der Waals surface area (Å²) in [7, 11) is 0. The van der Waals surface area contributed by atoms with Gasteiger partial charge in [0, 0.05) is 18.6 Å². The number of rotatable bonds is 7. The van der Waals surface area contributed by atoms with Crippen LogP contribution in [0.4, 0.5) is 0 Å². The van der Waals surface area contributed by atoms with Crippen molar-refractivity contribution < 1.29 is 9.53 Å². The molecule has 0 radical (unpaired) electrons. The van der Waals surface area contributed by atoms with Gasteiger partial charge in [-0.05, 0) is 39.8 Å². The zero-order valence-corrected chi connectivity index (χ0v) is 13.3. The van der Waals surface area contributed by atoms with Crippen molar-refractivity contribution in [1.29, 1.82) is 0 Å². The molecule has 0 aromatic carbocycles. The van der Waals surface area contributed by atoms with Crippen molar-refractivity contribution >= 4 is 5.91 Å². The first-order valence-corrected chi connectivity index (χ1v) is 7.07. The lowest BCUT2D eigenvalue weighted by Gasteiger charge is -2.20. The van der Waals surface area contributed by atoms with Gasteiger partial charge in [-0.25, -0.2) is 0 Å². The van der Waals surface area contributed by atoms with E-state index in [0.717, 1.165) is 5.69 Å². The maximum absolute atomic E-state index is 11.7. The number of carbonyl (C=O) groups is 1. The van der Waals surface area contributed by atoms with E-state index in [1.807, 2.05) is 12.1 Å². The summed E-state index contributed by atoms with van der Waals surface area (Å²) >= 11 is 0. The lowest BCUT2D eigenvalue weighted by Crippen LogP contribution is -2.36. The van der Waals surface area contributed by atoms with Crippen LogP contribution in [0.25, 0.3) is 0 Å². The molecule has 2 N–H and O–H groups in total. The molecule has 1 unspecified atom stereocenters. The second kappa shape index (κ2) is 7.78. The average Bonchev–Trinajstić information content (AvgIpc) is 2.43. The Kier molecular flexibility index (Phi) is 6.37. The molecule has 0 fully saturated rings. The summed E-state index contributed by atoms with van der Waals surface area (Å²) in [5.74, 6) is 0.407. The van der Waals surface area contributed by atoms with Gasteiger partial charge >= 0.3 is 0 Å². The molecule has 0 aliphatic heterocycles. The molecule has 1 rings (SSSR count). The van der Waals surface area contributed by atoms with E-state index in [-0.39, 0.29) is 11.4 Å². The van der Waals surface area contributed by atoms with Crippen molar-refractivity contribution in [2.45, 2.75) is 45.9 Å². The van der Waals surface area contributed by atoms with E-state index in [1.54, 1.807) is 19.2 Å². The Hall–Kier alpha value is -1.88. The molecule has 1 aromatic heterocycles. The van der Waals surface area contributed by atoms with E-state index in [2.05, 4.69) is 43.0 Å². The number of amides is 1. The third-order valence-corrected chi connectivity index (χ3v) is 2.70. The lowest BCUT2D eigenvalue weighted by atomic mass is 10.1. The van der Waals surface area contributed by atoms with Crippen LogP contribution in [0, 0.1) is 0 Å². The lowest BCUT2D eigenvalue weighted by molar-refractivity contribution is -0.127. The van der Waals surface area contributed by atoms with Crippen LogP contribution in [0.5, 0.6) is 5.75 Å². The minimum atomic E-state index is -0.565. The molecule has 0 aliphatic carbocycles. The third kappa shape index (κ3) is 6.90. The summed E-state index contributed by atoms with van der Waals surface area (Å²) in [6, 6.07) is 3.71. The molecule has 0 aliphatic rings. The first-order valence-electron chi connectivity index (χ1n) is 7.07. The van der Waals surface area contributed by atoms with E-state index in [9.17, 15) is 4.79 Å². The Morgan fingerprint density at radius 1 is 1.48 bits per heavy atom. The quantitative estimate of drug-likeness (QED) is 0.755.